The number of esters is 2. The summed E-state index contributed by atoms with van der Waals surface area (Å²) >= 11 is 0. The first-order chi connectivity index (χ1) is 14.4. The highest BCUT2D eigenvalue weighted by atomic mass is 16.5. The molecule has 8 heteroatoms. The van der Waals surface area contributed by atoms with Crippen LogP contribution in [0.5, 0.6) is 0 Å². The number of benzene rings is 1. The number of fused-ring (bicyclic) bond motifs is 3. The molecule has 0 spiro atoms. The second kappa shape index (κ2) is 8.94. The average Bonchev–Trinajstić information content (AvgIpc) is 2.72. The van der Waals surface area contributed by atoms with Gasteiger partial charge in [-0.25, -0.2) is 9.59 Å². The Morgan fingerprint density at radius 3 is 1.97 bits per heavy atom. The number of rotatable bonds is 7. The van der Waals surface area contributed by atoms with Crippen LogP contribution in [-0.4, -0.2) is 35.1 Å². The van der Waals surface area contributed by atoms with Gasteiger partial charge in [0.2, 0.25) is 0 Å². The average molecular weight is 412 g/mol. The van der Waals surface area contributed by atoms with Gasteiger partial charge in [-0.05, 0) is 38.3 Å². The molecule has 0 radical (unpaired) electrons. The lowest BCUT2D eigenvalue weighted by Crippen LogP contribution is -2.17. The van der Waals surface area contributed by atoms with E-state index in [1.807, 2.05) is 6.92 Å². The van der Waals surface area contributed by atoms with Crippen molar-refractivity contribution in [3.8, 4) is 0 Å². The molecular formula is C22H24N2O6. The molecule has 0 saturated carbocycles. The van der Waals surface area contributed by atoms with E-state index in [2.05, 4.69) is 9.97 Å². The molecule has 2 heterocycles. The number of pyridine rings is 2. The van der Waals surface area contributed by atoms with E-state index in [1.165, 1.54) is 6.07 Å². The normalized spacial score (nSPS) is 11.0. The quantitative estimate of drug-likeness (QED) is 0.455. The van der Waals surface area contributed by atoms with E-state index in [4.69, 9.17) is 9.47 Å². The number of nitrogens with one attached hydrogen (secondary N) is 2. The first kappa shape index (κ1) is 21.3. The maximum atomic E-state index is 13.0. The molecule has 0 fully saturated rings. The summed E-state index contributed by atoms with van der Waals surface area (Å²) in [6, 6.07) is 4.03. The predicted octanol–water partition coefficient (Wildman–Crippen LogP) is 3.07. The van der Waals surface area contributed by atoms with E-state index in [0.717, 1.165) is 24.5 Å². The van der Waals surface area contributed by atoms with Crippen LogP contribution in [-0.2, 0) is 15.9 Å². The molecule has 0 bridgehead atoms. The molecule has 3 aromatic rings. The molecule has 0 unspecified atom stereocenters. The van der Waals surface area contributed by atoms with Crippen molar-refractivity contribution in [1.29, 1.82) is 0 Å². The van der Waals surface area contributed by atoms with Crippen LogP contribution in [0.3, 0.4) is 0 Å². The molecule has 8 nitrogen and oxygen atoms in total. The maximum absolute atomic E-state index is 13.0. The van der Waals surface area contributed by atoms with Crippen molar-refractivity contribution in [2.45, 2.75) is 40.0 Å². The number of H-pyrrole nitrogens is 2. The van der Waals surface area contributed by atoms with Crippen molar-refractivity contribution in [2.24, 2.45) is 0 Å². The SMILES string of the molecule is CCCCc1cc2c(=O)cc(C(=O)OCC)[nH]c2c2c(=O)cc(C(=O)OCC)[nH]c12. The Bertz CT molecular complexity index is 1240. The molecule has 0 saturated heterocycles. The number of carbonyl (C=O) groups excluding carboxylic acids is 2. The summed E-state index contributed by atoms with van der Waals surface area (Å²) in [7, 11) is 0. The van der Waals surface area contributed by atoms with Gasteiger partial charge in [0.1, 0.15) is 11.4 Å². The number of hydrogen-bond acceptors (Lipinski definition) is 6. The van der Waals surface area contributed by atoms with E-state index >= 15 is 0 Å². The molecule has 0 aliphatic rings. The lowest BCUT2D eigenvalue weighted by atomic mass is 9.99. The van der Waals surface area contributed by atoms with Crippen molar-refractivity contribution in [2.75, 3.05) is 13.2 Å². The molecule has 3 rings (SSSR count). The van der Waals surface area contributed by atoms with Crippen molar-refractivity contribution in [3.05, 3.63) is 55.6 Å². The Labute approximate surface area is 172 Å². The van der Waals surface area contributed by atoms with Crippen LogP contribution in [0, 0.1) is 0 Å². The summed E-state index contributed by atoms with van der Waals surface area (Å²) < 4.78 is 9.98. The number of aryl methyl sites for hydroxylation is 1. The van der Waals surface area contributed by atoms with Crippen LogP contribution in [0.4, 0.5) is 0 Å². The summed E-state index contributed by atoms with van der Waals surface area (Å²) in [5.74, 6) is -1.31. The van der Waals surface area contributed by atoms with Gasteiger partial charge in [-0.15, -0.1) is 0 Å². The van der Waals surface area contributed by atoms with Crippen LogP contribution in [0.2, 0.25) is 0 Å². The predicted molar refractivity (Wildman–Crippen MR) is 113 cm³/mol. The molecular weight excluding hydrogens is 388 g/mol. The van der Waals surface area contributed by atoms with Gasteiger partial charge < -0.3 is 19.4 Å². The van der Waals surface area contributed by atoms with Crippen molar-refractivity contribution < 1.29 is 19.1 Å². The zero-order valence-electron chi connectivity index (χ0n) is 17.2. The third-order valence-corrected chi connectivity index (χ3v) is 4.78. The van der Waals surface area contributed by atoms with E-state index in [0.29, 0.717) is 17.3 Å². The number of carbonyl (C=O) groups is 2. The summed E-state index contributed by atoms with van der Waals surface area (Å²) in [6.07, 6.45) is 2.37. The third-order valence-electron chi connectivity index (χ3n) is 4.78. The summed E-state index contributed by atoms with van der Waals surface area (Å²) in [5.41, 5.74) is 0.589. The molecule has 30 heavy (non-hydrogen) atoms. The van der Waals surface area contributed by atoms with Crippen LogP contribution < -0.4 is 10.9 Å². The third kappa shape index (κ3) is 3.98. The van der Waals surface area contributed by atoms with E-state index < -0.39 is 17.4 Å². The lowest BCUT2D eigenvalue weighted by Gasteiger charge is -2.12. The van der Waals surface area contributed by atoms with Crippen molar-refractivity contribution in [1.82, 2.24) is 9.97 Å². The van der Waals surface area contributed by atoms with Gasteiger partial charge >= 0.3 is 11.9 Å². The molecule has 0 aliphatic carbocycles. The Morgan fingerprint density at radius 2 is 1.40 bits per heavy atom. The number of hydrogen-bond donors (Lipinski definition) is 2. The Balaban J connectivity index is 2.39. The summed E-state index contributed by atoms with van der Waals surface area (Å²) in [4.78, 5) is 56.0. The number of unbranched alkanes of at least 4 members (excludes halogenated alkanes) is 1. The minimum absolute atomic E-state index is 0.0363. The minimum Gasteiger partial charge on any atom is -0.461 e. The van der Waals surface area contributed by atoms with Crippen LogP contribution in [0.15, 0.2) is 27.8 Å². The maximum Gasteiger partial charge on any atom is 0.354 e. The minimum atomic E-state index is -0.681. The highest BCUT2D eigenvalue weighted by molar-refractivity contribution is 6.07. The molecule has 158 valence electrons. The molecule has 2 N–H and O–H groups in total. The number of aromatic amines is 2. The second-order valence-corrected chi connectivity index (χ2v) is 6.85. The highest BCUT2D eigenvalue weighted by Crippen LogP contribution is 2.24. The topological polar surface area (TPSA) is 118 Å². The van der Waals surface area contributed by atoms with Crippen molar-refractivity contribution >= 4 is 33.7 Å². The van der Waals surface area contributed by atoms with Gasteiger partial charge in [-0.1, -0.05) is 13.3 Å². The molecule has 2 aromatic heterocycles. The van der Waals surface area contributed by atoms with E-state index in [-0.39, 0.29) is 40.9 Å². The zero-order valence-corrected chi connectivity index (χ0v) is 17.2. The number of ether oxygens (including phenoxy) is 2. The first-order valence-corrected chi connectivity index (χ1v) is 10.0. The first-order valence-electron chi connectivity index (χ1n) is 10.0. The van der Waals surface area contributed by atoms with Crippen LogP contribution in [0.25, 0.3) is 21.8 Å². The molecule has 0 atom stereocenters. The number of aromatic nitrogens is 2. The largest absolute Gasteiger partial charge is 0.461 e. The highest BCUT2D eigenvalue weighted by Gasteiger charge is 2.19. The molecule has 0 amide bonds. The Kier molecular flexibility index (Phi) is 6.34. The summed E-state index contributed by atoms with van der Waals surface area (Å²) in [5, 5.41) is 0.519. The van der Waals surface area contributed by atoms with E-state index in [9.17, 15) is 19.2 Å². The fraction of sp³-hybridized carbons (Fsp3) is 0.364. The zero-order chi connectivity index (χ0) is 21.8. The monoisotopic (exact) mass is 412 g/mol. The van der Waals surface area contributed by atoms with Gasteiger partial charge in [0.25, 0.3) is 0 Å². The fourth-order valence-electron chi connectivity index (χ4n) is 3.41. The Morgan fingerprint density at radius 1 is 0.833 bits per heavy atom. The lowest BCUT2D eigenvalue weighted by molar-refractivity contribution is 0.0510. The van der Waals surface area contributed by atoms with Crippen LogP contribution in [0.1, 0.15) is 60.2 Å². The fourth-order valence-corrected chi connectivity index (χ4v) is 3.41. The van der Waals surface area contributed by atoms with Gasteiger partial charge in [0.05, 0.1) is 29.6 Å². The summed E-state index contributed by atoms with van der Waals surface area (Å²) in [6.45, 7) is 5.70. The van der Waals surface area contributed by atoms with Gasteiger partial charge in [-0.3, -0.25) is 9.59 Å². The molecule has 1 aromatic carbocycles. The second-order valence-electron chi connectivity index (χ2n) is 6.85. The van der Waals surface area contributed by atoms with E-state index in [1.54, 1.807) is 19.9 Å². The standard InChI is InChI=1S/C22H24N2O6/c1-4-7-8-12-9-13-16(25)10-14(21(27)29-5-2)24-20(13)18-17(26)11-15(23-19(12)18)22(28)30-6-3/h9-11H,4-8H2,1-3H3,(H,23,26)(H,24,25). The van der Waals surface area contributed by atoms with Gasteiger partial charge in [-0.2, -0.15) is 0 Å². The van der Waals surface area contributed by atoms with Crippen LogP contribution >= 0.6 is 0 Å². The Hall–Kier alpha value is -3.42. The van der Waals surface area contributed by atoms with Gasteiger partial charge in [0, 0.05) is 17.5 Å². The smallest absolute Gasteiger partial charge is 0.354 e. The molecule has 0 aliphatic heterocycles. The van der Waals surface area contributed by atoms with Gasteiger partial charge in [0.15, 0.2) is 10.9 Å². The van der Waals surface area contributed by atoms with Crippen molar-refractivity contribution in [3.63, 3.8) is 0 Å².